The van der Waals surface area contributed by atoms with Crippen LogP contribution in [-0.4, -0.2) is 16.3 Å². The Bertz CT molecular complexity index is 953. The van der Waals surface area contributed by atoms with Crippen molar-refractivity contribution >= 4 is 22.2 Å². The van der Waals surface area contributed by atoms with E-state index < -0.39 is 6.29 Å². The van der Waals surface area contributed by atoms with E-state index in [1.54, 1.807) is 6.07 Å². The number of nitrogens with zero attached hydrogens (tertiary/aromatic N) is 2. The molecule has 0 saturated carbocycles. The fourth-order valence-electron chi connectivity index (χ4n) is 2.62. The van der Waals surface area contributed by atoms with Crippen LogP contribution in [0.3, 0.4) is 0 Å². The van der Waals surface area contributed by atoms with Crippen LogP contribution >= 0.6 is 11.3 Å². The van der Waals surface area contributed by atoms with E-state index in [1.165, 1.54) is 17.4 Å². The van der Waals surface area contributed by atoms with Crippen molar-refractivity contribution in [3.8, 4) is 22.2 Å². The van der Waals surface area contributed by atoms with E-state index in [4.69, 9.17) is 0 Å². The summed E-state index contributed by atoms with van der Waals surface area (Å²) in [6, 6.07) is 4.93. The van der Waals surface area contributed by atoms with Crippen molar-refractivity contribution in [2.75, 3.05) is 0 Å². The van der Waals surface area contributed by atoms with Gasteiger partial charge >= 0.3 is 6.29 Å². The number of halogens is 2. The summed E-state index contributed by atoms with van der Waals surface area (Å²) in [6.45, 7) is 6.07. The molecule has 0 spiro atoms. The normalized spacial score (nSPS) is 15.4. The number of pyridine rings is 1. The van der Waals surface area contributed by atoms with E-state index in [-0.39, 0.29) is 11.5 Å². The van der Waals surface area contributed by atoms with Gasteiger partial charge in [0.1, 0.15) is 5.01 Å². The lowest BCUT2D eigenvalue weighted by atomic mass is 10.1. The van der Waals surface area contributed by atoms with Gasteiger partial charge in [0, 0.05) is 16.8 Å². The van der Waals surface area contributed by atoms with Gasteiger partial charge in [0.05, 0.1) is 16.9 Å². The lowest BCUT2D eigenvalue weighted by molar-refractivity contribution is -0.286. The first-order valence-electron chi connectivity index (χ1n) is 7.49. The van der Waals surface area contributed by atoms with Gasteiger partial charge in [-0.25, -0.2) is 9.97 Å². The number of ether oxygens (including phenoxy) is 2. The Labute approximate surface area is 141 Å². The fourth-order valence-corrected chi connectivity index (χ4v) is 3.56. The summed E-state index contributed by atoms with van der Waals surface area (Å²) in [6.07, 6.45) is -3.63. The lowest BCUT2D eigenvalue weighted by Crippen LogP contribution is -2.25. The predicted molar refractivity (Wildman–Crippen MR) is 87.9 cm³/mol. The molecule has 0 unspecified atom stereocenters. The molecular formula is C17H14F2N2O2S. The molecular weight excluding hydrogens is 334 g/mol. The van der Waals surface area contributed by atoms with Crippen molar-refractivity contribution < 1.29 is 18.3 Å². The number of aromatic nitrogens is 2. The van der Waals surface area contributed by atoms with Crippen molar-refractivity contribution in [3.05, 3.63) is 34.8 Å². The van der Waals surface area contributed by atoms with E-state index in [9.17, 15) is 8.78 Å². The molecule has 0 bridgehead atoms. The molecule has 0 atom stereocenters. The summed E-state index contributed by atoms with van der Waals surface area (Å²) in [4.78, 5) is 9.18. The highest BCUT2D eigenvalue weighted by Crippen LogP contribution is 2.43. The minimum atomic E-state index is -3.63. The van der Waals surface area contributed by atoms with Gasteiger partial charge < -0.3 is 9.47 Å². The topological polar surface area (TPSA) is 44.2 Å². The SMILES string of the molecule is Cc1cc(-c2nc(C(C)C)cs2)nc2cc3c(cc12)OC(F)(F)O3. The summed E-state index contributed by atoms with van der Waals surface area (Å²) < 4.78 is 35.5. The average molecular weight is 348 g/mol. The number of rotatable bonds is 2. The molecule has 0 N–H and O–H groups in total. The smallest absolute Gasteiger partial charge is 0.395 e. The highest BCUT2D eigenvalue weighted by Gasteiger charge is 2.43. The maximum Gasteiger partial charge on any atom is 0.586 e. The van der Waals surface area contributed by atoms with E-state index >= 15 is 0 Å². The highest BCUT2D eigenvalue weighted by molar-refractivity contribution is 7.13. The number of hydrogen-bond donors (Lipinski definition) is 0. The van der Waals surface area contributed by atoms with Gasteiger partial charge in [-0.15, -0.1) is 20.1 Å². The van der Waals surface area contributed by atoms with Crippen LogP contribution in [0.25, 0.3) is 21.6 Å². The van der Waals surface area contributed by atoms with Crippen molar-refractivity contribution in [1.82, 2.24) is 9.97 Å². The molecule has 2 aromatic heterocycles. The Kier molecular flexibility index (Phi) is 3.25. The Morgan fingerprint density at radius 2 is 1.79 bits per heavy atom. The molecule has 1 aromatic carbocycles. The summed E-state index contributed by atoms with van der Waals surface area (Å²) in [5.41, 5.74) is 3.23. The van der Waals surface area contributed by atoms with E-state index in [1.807, 2.05) is 18.4 Å². The van der Waals surface area contributed by atoms with Crippen LogP contribution in [0, 0.1) is 6.92 Å². The first-order chi connectivity index (χ1) is 11.3. The monoisotopic (exact) mass is 348 g/mol. The minimum Gasteiger partial charge on any atom is -0.395 e. The van der Waals surface area contributed by atoms with Gasteiger partial charge in [-0.05, 0) is 30.5 Å². The molecule has 4 nitrogen and oxygen atoms in total. The lowest BCUT2D eigenvalue weighted by Gasteiger charge is -2.06. The Morgan fingerprint density at radius 1 is 1.08 bits per heavy atom. The zero-order chi connectivity index (χ0) is 17.1. The third-order valence-electron chi connectivity index (χ3n) is 3.87. The third-order valence-corrected chi connectivity index (χ3v) is 4.75. The van der Waals surface area contributed by atoms with Crippen molar-refractivity contribution in [2.45, 2.75) is 33.0 Å². The van der Waals surface area contributed by atoms with Gasteiger partial charge in [0.2, 0.25) is 0 Å². The van der Waals surface area contributed by atoms with Gasteiger partial charge in [-0.1, -0.05) is 13.8 Å². The predicted octanol–water partition coefficient (Wildman–Crippen LogP) is 5.11. The largest absolute Gasteiger partial charge is 0.586 e. The molecule has 1 aliphatic heterocycles. The number of fused-ring (bicyclic) bond motifs is 2. The molecule has 0 amide bonds. The molecule has 0 saturated heterocycles. The maximum atomic E-state index is 13.2. The van der Waals surface area contributed by atoms with Crippen molar-refractivity contribution in [3.63, 3.8) is 0 Å². The second kappa shape index (κ2) is 5.11. The standard InChI is InChI=1S/C17H14F2N2O2S/c1-8(2)13-7-24-16(21-13)12-4-9(3)10-5-14-15(6-11(10)20-12)23-17(18,19)22-14/h4-8H,1-3H3. The van der Waals surface area contributed by atoms with Gasteiger partial charge in [0.15, 0.2) is 11.5 Å². The molecule has 24 heavy (non-hydrogen) atoms. The summed E-state index contributed by atoms with van der Waals surface area (Å²) in [5, 5.41) is 3.58. The van der Waals surface area contributed by atoms with E-state index in [2.05, 4.69) is 33.3 Å². The molecule has 3 heterocycles. The maximum absolute atomic E-state index is 13.2. The van der Waals surface area contributed by atoms with Crippen LogP contribution in [0.4, 0.5) is 8.78 Å². The van der Waals surface area contributed by atoms with Crippen molar-refractivity contribution in [1.29, 1.82) is 0 Å². The zero-order valence-corrected chi connectivity index (χ0v) is 14.1. The molecule has 4 rings (SSSR count). The number of thiazole rings is 1. The molecule has 124 valence electrons. The molecule has 3 aromatic rings. The summed E-state index contributed by atoms with van der Waals surface area (Å²) in [5.74, 6) is 0.368. The molecule has 0 radical (unpaired) electrons. The number of hydrogen-bond acceptors (Lipinski definition) is 5. The Hall–Kier alpha value is -2.28. The summed E-state index contributed by atoms with van der Waals surface area (Å²) >= 11 is 1.52. The fraction of sp³-hybridized carbons (Fsp3) is 0.294. The average Bonchev–Trinajstić information content (AvgIpc) is 3.07. The molecule has 7 heteroatoms. The minimum absolute atomic E-state index is 0.00133. The van der Waals surface area contributed by atoms with Crippen LogP contribution in [0.5, 0.6) is 11.5 Å². The highest BCUT2D eigenvalue weighted by atomic mass is 32.1. The molecule has 0 fully saturated rings. The van der Waals surface area contributed by atoms with Crippen LogP contribution in [0.1, 0.15) is 31.0 Å². The summed E-state index contributed by atoms with van der Waals surface area (Å²) in [7, 11) is 0. The molecule has 1 aliphatic rings. The van der Waals surface area contributed by atoms with Crippen LogP contribution < -0.4 is 9.47 Å². The van der Waals surface area contributed by atoms with Gasteiger partial charge in [-0.2, -0.15) is 0 Å². The quantitative estimate of drug-likeness (QED) is 0.645. The Balaban J connectivity index is 1.84. The van der Waals surface area contributed by atoms with E-state index in [0.717, 1.165) is 27.3 Å². The van der Waals surface area contributed by atoms with E-state index in [0.29, 0.717) is 11.4 Å². The first-order valence-corrected chi connectivity index (χ1v) is 8.37. The second-order valence-corrected chi connectivity index (χ2v) is 6.90. The third kappa shape index (κ3) is 2.49. The number of aryl methyl sites for hydroxylation is 1. The number of alkyl halides is 2. The Morgan fingerprint density at radius 3 is 2.46 bits per heavy atom. The van der Waals surface area contributed by atoms with Gasteiger partial charge in [-0.3, -0.25) is 0 Å². The second-order valence-electron chi connectivity index (χ2n) is 6.04. The zero-order valence-electron chi connectivity index (χ0n) is 13.3. The van der Waals surface area contributed by atoms with Gasteiger partial charge in [0.25, 0.3) is 0 Å². The number of benzene rings is 1. The van der Waals surface area contributed by atoms with Crippen LogP contribution in [-0.2, 0) is 0 Å². The van der Waals surface area contributed by atoms with Crippen LogP contribution in [0.15, 0.2) is 23.6 Å². The van der Waals surface area contributed by atoms with Crippen molar-refractivity contribution in [2.24, 2.45) is 0 Å². The molecule has 0 aliphatic carbocycles. The first kappa shape index (κ1) is 15.3. The van der Waals surface area contributed by atoms with Crippen LogP contribution in [0.2, 0.25) is 0 Å².